The number of fused-ring (bicyclic) bond motifs is 3. The van der Waals surface area contributed by atoms with Gasteiger partial charge in [-0.2, -0.15) is 0 Å². The molecule has 1 aromatic heterocycles. The van der Waals surface area contributed by atoms with Crippen molar-refractivity contribution in [3.63, 3.8) is 0 Å². The largest absolute Gasteiger partial charge is 0.322 e. The standard InChI is InChI=1S/C24H22F2N2OS/c25-16-11-9-15(10-12-16)22-23-18(17-5-1-4-8-21(17)30-23)13-14-28(22)24(29)27-20-7-3-2-6-19(20)26/h2-3,6-7,9-12,22H,1,4-5,8,13-14H2,(H,27,29). The normalized spacial score (nSPS) is 17.9. The van der Waals surface area contributed by atoms with Gasteiger partial charge in [-0.05, 0) is 73.1 Å². The van der Waals surface area contributed by atoms with E-state index in [0.717, 1.165) is 24.8 Å². The Morgan fingerprint density at radius 1 is 0.967 bits per heavy atom. The molecule has 3 nitrogen and oxygen atoms in total. The predicted octanol–water partition coefficient (Wildman–Crippen LogP) is 6.08. The van der Waals surface area contributed by atoms with E-state index < -0.39 is 5.82 Å². The van der Waals surface area contributed by atoms with Gasteiger partial charge in [0.15, 0.2) is 0 Å². The van der Waals surface area contributed by atoms with Gasteiger partial charge >= 0.3 is 6.03 Å². The van der Waals surface area contributed by atoms with Crippen LogP contribution in [0.5, 0.6) is 0 Å². The van der Waals surface area contributed by atoms with Gasteiger partial charge in [0.2, 0.25) is 0 Å². The minimum atomic E-state index is -0.464. The van der Waals surface area contributed by atoms with Crippen molar-refractivity contribution in [1.82, 2.24) is 4.90 Å². The van der Waals surface area contributed by atoms with Gasteiger partial charge in [-0.3, -0.25) is 0 Å². The van der Waals surface area contributed by atoms with Crippen LogP contribution in [0, 0.1) is 11.6 Å². The van der Waals surface area contributed by atoms with E-state index in [0.29, 0.717) is 6.54 Å². The fraction of sp³-hybridized carbons (Fsp3) is 0.292. The minimum Gasteiger partial charge on any atom is -0.312 e. The summed E-state index contributed by atoms with van der Waals surface area (Å²) in [5.74, 6) is -0.768. The van der Waals surface area contributed by atoms with Crippen LogP contribution < -0.4 is 5.32 Å². The lowest BCUT2D eigenvalue weighted by atomic mass is 9.88. The third-order valence-corrected chi connectivity index (χ3v) is 7.42. The van der Waals surface area contributed by atoms with Gasteiger partial charge in [-0.25, -0.2) is 13.6 Å². The van der Waals surface area contributed by atoms with Crippen molar-refractivity contribution < 1.29 is 13.6 Å². The Morgan fingerprint density at radius 3 is 2.53 bits per heavy atom. The number of hydrogen-bond acceptors (Lipinski definition) is 2. The fourth-order valence-electron chi connectivity index (χ4n) is 4.60. The van der Waals surface area contributed by atoms with Gasteiger partial charge in [0, 0.05) is 16.3 Å². The van der Waals surface area contributed by atoms with Crippen LogP contribution in [0.3, 0.4) is 0 Å². The van der Waals surface area contributed by atoms with E-state index in [4.69, 9.17) is 0 Å². The molecule has 2 heterocycles. The number of benzene rings is 2. The summed E-state index contributed by atoms with van der Waals surface area (Å²) in [6.45, 7) is 0.540. The fourth-order valence-corrected chi connectivity index (χ4v) is 6.18. The van der Waals surface area contributed by atoms with E-state index in [9.17, 15) is 13.6 Å². The molecule has 0 saturated heterocycles. The molecular weight excluding hydrogens is 402 g/mol. The summed E-state index contributed by atoms with van der Waals surface area (Å²) in [5.41, 5.74) is 3.86. The van der Waals surface area contributed by atoms with E-state index in [1.54, 1.807) is 46.6 Å². The number of nitrogens with zero attached hydrogens (tertiary/aromatic N) is 1. The molecule has 1 atom stereocenters. The third-order valence-electron chi connectivity index (χ3n) is 6.04. The van der Waals surface area contributed by atoms with Crippen LogP contribution in [-0.4, -0.2) is 17.5 Å². The molecule has 0 saturated carbocycles. The number of aryl methyl sites for hydroxylation is 1. The van der Waals surface area contributed by atoms with Crippen LogP contribution in [-0.2, 0) is 19.3 Å². The van der Waals surface area contributed by atoms with Gasteiger partial charge < -0.3 is 10.2 Å². The molecule has 1 aliphatic carbocycles. The molecule has 0 bridgehead atoms. The maximum Gasteiger partial charge on any atom is 0.322 e. The Kier molecular flexibility index (Phi) is 5.03. The highest BCUT2D eigenvalue weighted by molar-refractivity contribution is 7.12. The van der Waals surface area contributed by atoms with Crippen molar-refractivity contribution in [2.24, 2.45) is 0 Å². The highest BCUT2D eigenvalue weighted by Crippen LogP contribution is 2.45. The number of nitrogens with one attached hydrogen (secondary N) is 1. The topological polar surface area (TPSA) is 32.3 Å². The second-order valence-corrected chi connectivity index (χ2v) is 9.00. The van der Waals surface area contributed by atoms with Gasteiger partial charge in [0.25, 0.3) is 0 Å². The number of carbonyl (C=O) groups excluding carboxylic acids is 1. The van der Waals surface area contributed by atoms with Gasteiger partial charge in [-0.15, -0.1) is 11.3 Å². The maximum absolute atomic E-state index is 14.1. The Bertz CT molecular complexity index is 1090. The first-order chi connectivity index (χ1) is 14.6. The Labute approximate surface area is 178 Å². The van der Waals surface area contributed by atoms with Crippen molar-refractivity contribution in [2.45, 2.75) is 38.1 Å². The smallest absolute Gasteiger partial charge is 0.312 e. The van der Waals surface area contributed by atoms with Crippen LogP contribution >= 0.6 is 11.3 Å². The Morgan fingerprint density at radius 2 is 1.73 bits per heavy atom. The summed E-state index contributed by atoms with van der Waals surface area (Å²) in [6.07, 6.45) is 5.38. The van der Waals surface area contributed by atoms with Crippen molar-refractivity contribution >= 4 is 23.1 Å². The summed E-state index contributed by atoms with van der Waals surface area (Å²) in [5, 5.41) is 2.73. The highest BCUT2D eigenvalue weighted by Gasteiger charge is 2.36. The number of carbonyl (C=O) groups is 1. The minimum absolute atomic E-state index is 0.164. The number of amides is 2. The number of thiophene rings is 1. The van der Waals surface area contributed by atoms with Crippen molar-refractivity contribution in [3.8, 4) is 0 Å². The summed E-state index contributed by atoms with van der Waals surface area (Å²) >= 11 is 1.79. The summed E-state index contributed by atoms with van der Waals surface area (Å²) < 4.78 is 27.7. The maximum atomic E-state index is 14.1. The zero-order chi connectivity index (χ0) is 20.7. The molecule has 0 radical (unpaired) electrons. The van der Waals surface area contributed by atoms with Gasteiger partial charge in [-0.1, -0.05) is 24.3 Å². The number of hydrogen-bond donors (Lipinski definition) is 1. The third kappa shape index (κ3) is 3.39. The molecule has 3 aromatic rings. The van der Waals surface area contributed by atoms with E-state index in [-0.39, 0.29) is 23.6 Å². The quantitative estimate of drug-likeness (QED) is 0.531. The second kappa shape index (κ2) is 7.84. The zero-order valence-corrected chi connectivity index (χ0v) is 17.3. The van der Waals surface area contributed by atoms with Crippen LogP contribution in [0.15, 0.2) is 48.5 Å². The molecule has 30 heavy (non-hydrogen) atoms. The van der Waals surface area contributed by atoms with Gasteiger partial charge in [0.05, 0.1) is 11.7 Å². The molecular formula is C24H22F2N2OS. The lowest BCUT2D eigenvalue weighted by Crippen LogP contribution is -2.42. The molecule has 1 unspecified atom stereocenters. The summed E-state index contributed by atoms with van der Waals surface area (Å²) in [6, 6.07) is 11.9. The molecule has 2 aliphatic rings. The first-order valence-corrected chi connectivity index (χ1v) is 11.1. The summed E-state index contributed by atoms with van der Waals surface area (Å²) in [7, 11) is 0. The average molecular weight is 425 g/mol. The van der Waals surface area contributed by atoms with Crippen molar-refractivity contribution in [2.75, 3.05) is 11.9 Å². The molecule has 0 fully saturated rings. The van der Waals surface area contributed by atoms with Crippen LogP contribution in [0.25, 0.3) is 0 Å². The lowest BCUT2D eigenvalue weighted by molar-refractivity contribution is 0.195. The van der Waals surface area contributed by atoms with Crippen LogP contribution in [0.4, 0.5) is 19.3 Å². The molecule has 2 aromatic carbocycles. The number of halogens is 2. The molecule has 0 spiro atoms. The predicted molar refractivity (Wildman–Crippen MR) is 115 cm³/mol. The van der Waals surface area contributed by atoms with E-state index in [1.165, 1.54) is 51.9 Å². The zero-order valence-electron chi connectivity index (χ0n) is 16.5. The number of urea groups is 1. The first-order valence-electron chi connectivity index (χ1n) is 10.3. The molecule has 5 rings (SSSR count). The average Bonchev–Trinajstić information content (AvgIpc) is 3.14. The van der Waals surface area contributed by atoms with Crippen molar-refractivity contribution in [1.29, 1.82) is 0 Å². The summed E-state index contributed by atoms with van der Waals surface area (Å²) in [4.78, 5) is 17.6. The van der Waals surface area contributed by atoms with Crippen LogP contribution in [0.2, 0.25) is 0 Å². The second-order valence-electron chi connectivity index (χ2n) is 7.86. The molecule has 154 valence electrons. The molecule has 1 N–H and O–H groups in total. The van der Waals surface area contributed by atoms with Gasteiger partial charge in [0.1, 0.15) is 11.6 Å². The highest BCUT2D eigenvalue weighted by atomic mass is 32.1. The molecule has 6 heteroatoms. The Hall–Kier alpha value is -2.73. The monoisotopic (exact) mass is 424 g/mol. The molecule has 2 amide bonds. The van der Waals surface area contributed by atoms with E-state index in [2.05, 4.69) is 5.32 Å². The Balaban J connectivity index is 1.55. The van der Waals surface area contributed by atoms with E-state index in [1.807, 2.05) is 0 Å². The number of para-hydroxylation sites is 1. The number of anilines is 1. The van der Waals surface area contributed by atoms with E-state index >= 15 is 0 Å². The first kappa shape index (κ1) is 19.2. The lowest BCUT2D eigenvalue weighted by Gasteiger charge is -2.36. The molecule has 1 aliphatic heterocycles. The van der Waals surface area contributed by atoms with Crippen LogP contribution in [0.1, 0.15) is 45.3 Å². The number of rotatable bonds is 2. The van der Waals surface area contributed by atoms with Crippen molar-refractivity contribution in [3.05, 3.63) is 86.6 Å². The SMILES string of the molecule is O=C(Nc1ccccc1F)N1CCc2c(sc3c2CCCC3)C1c1ccc(F)cc1.